The maximum absolute atomic E-state index is 12.2. The maximum Gasteiger partial charge on any atom is 0.342 e. The molecule has 0 radical (unpaired) electrons. The molecule has 0 aromatic heterocycles. The minimum Gasteiger partial charge on any atom is -0.448 e. The number of ether oxygens (including phenoxy) is 2. The number of ketones is 1. The molecule has 4 N–H and O–H groups in total. The number of hydrogen-bond donors (Lipinski definition) is 4. The van der Waals surface area contributed by atoms with E-state index in [0.717, 1.165) is 6.92 Å². The molecule has 132 valence electrons. The van der Waals surface area contributed by atoms with E-state index in [9.17, 15) is 24.6 Å². The molecule has 24 heavy (non-hydrogen) atoms. The van der Waals surface area contributed by atoms with Crippen LogP contribution >= 0.6 is 0 Å². The van der Waals surface area contributed by atoms with Crippen molar-refractivity contribution in [2.45, 2.75) is 25.2 Å². The van der Waals surface area contributed by atoms with Crippen LogP contribution in [0.25, 0.3) is 0 Å². The molecule has 0 saturated heterocycles. The van der Waals surface area contributed by atoms with E-state index in [1.807, 2.05) is 0 Å². The number of carbonyl (C=O) groups excluding carboxylic acids is 3. The van der Waals surface area contributed by atoms with Gasteiger partial charge < -0.3 is 29.9 Å². The van der Waals surface area contributed by atoms with Crippen LogP contribution in [0.2, 0.25) is 0 Å². The smallest absolute Gasteiger partial charge is 0.342 e. The highest BCUT2D eigenvalue weighted by atomic mass is 16.6. The van der Waals surface area contributed by atoms with Gasteiger partial charge in [0.25, 0.3) is 0 Å². The lowest BCUT2D eigenvalue weighted by molar-refractivity contribution is -0.144. The summed E-state index contributed by atoms with van der Waals surface area (Å²) < 4.78 is 9.67. The molecule has 1 aromatic carbocycles. The molecule has 0 heterocycles. The Morgan fingerprint density at radius 3 is 2.29 bits per heavy atom. The van der Waals surface area contributed by atoms with Gasteiger partial charge in [0.2, 0.25) is 5.78 Å². The van der Waals surface area contributed by atoms with Gasteiger partial charge in [-0.1, -0.05) is 12.1 Å². The molecule has 1 rings (SSSR count). The Kier molecular flexibility index (Phi) is 7.46. The second-order valence-electron chi connectivity index (χ2n) is 4.78. The van der Waals surface area contributed by atoms with Crippen LogP contribution < -0.4 is 4.74 Å². The third-order valence-electron chi connectivity index (χ3n) is 2.96. The topological polar surface area (TPSA) is 151 Å². The van der Waals surface area contributed by atoms with Gasteiger partial charge in [0.15, 0.2) is 6.10 Å². The molecule has 0 saturated carbocycles. The molecule has 0 bridgehead atoms. The van der Waals surface area contributed by atoms with Crippen LogP contribution in [-0.4, -0.2) is 69.7 Å². The molecule has 0 aliphatic heterocycles. The van der Waals surface area contributed by atoms with Crippen molar-refractivity contribution in [1.29, 1.82) is 0 Å². The first-order valence-electron chi connectivity index (χ1n) is 6.90. The highest BCUT2D eigenvalue weighted by molar-refractivity contribution is 5.96. The number of esters is 2. The van der Waals surface area contributed by atoms with Crippen LogP contribution in [0, 0.1) is 0 Å². The summed E-state index contributed by atoms with van der Waals surface area (Å²) in [7, 11) is 0. The van der Waals surface area contributed by atoms with E-state index in [1.165, 1.54) is 24.3 Å². The average Bonchev–Trinajstić information content (AvgIpc) is 2.57. The zero-order valence-electron chi connectivity index (χ0n) is 12.8. The SMILES string of the molecule is CC(=O)Oc1ccccc1C(=O)O[C@H](C(=O)CO)[C@H](O)[C@H](O)CO. The van der Waals surface area contributed by atoms with Gasteiger partial charge in [-0.25, -0.2) is 4.79 Å². The number of aliphatic hydroxyl groups excluding tert-OH is 4. The van der Waals surface area contributed by atoms with Gasteiger partial charge in [-0.15, -0.1) is 0 Å². The molecule has 0 spiro atoms. The lowest BCUT2D eigenvalue weighted by atomic mass is 10.0. The molecular weight excluding hydrogens is 324 g/mol. The molecule has 0 fully saturated rings. The predicted octanol–water partition coefficient (Wildman–Crippen LogP) is -1.59. The van der Waals surface area contributed by atoms with Crippen molar-refractivity contribution >= 4 is 17.7 Å². The molecule has 0 unspecified atom stereocenters. The first kappa shape index (κ1) is 19.7. The summed E-state index contributed by atoms with van der Waals surface area (Å²) >= 11 is 0. The number of benzene rings is 1. The van der Waals surface area contributed by atoms with Gasteiger partial charge in [0, 0.05) is 6.92 Å². The summed E-state index contributed by atoms with van der Waals surface area (Å²) in [5, 5.41) is 36.9. The molecule has 3 atom stereocenters. The first-order valence-corrected chi connectivity index (χ1v) is 6.90. The van der Waals surface area contributed by atoms with E-state index in [-0.39, 0.29) is 11.3 Å². The molecule has 9 heteroatoms. The maximum atomic E-state index is 12.2. The van der Waals surface area contributed by atoms with Crippen molar-refractivity contribution in [2.75, 3.05) is 13.2 Å². The lowest BCUT2D eigenvalue weighted by Gasteiger charge is -2.24. The van der Waals surface area contributed by atoms with Crippen molar-refractivity contribution in [3.63, 3.8) is 0 Å². The lowest BCUT2D eigenvalue weighted by Crippen LogP contribution is -2.47. The number of para-hydroxylation sites is 1. The van der Waals surface area contributed by atoms with Crippen LogP contribution in [0.15, 0.2) is 24.3 Å². The van der Waals surface area contributed by atoms with Crippen LogP contribution in [0.3, 0.4) is 0 Å². The summed E-state index contributed by atoms with van der Waals surface area (Å²) in [6.45, 7) is -0.821. The largest absolute Gasteiger partial charge is 0.448 e. The predicted molar refractivity (Wildman–Crippen MR) is 78.1 cm³/mol. The molecule has 0 aliphatic rings. The normalized spacial score (nSPS) is 14.4. The van der Waals surface area contributed by atoms with Crippen LogP contribution in [0.1, 0.15) is 17.3 Å². The summed E-state index contributed by atoms with van der Waals surface area (Å²) in [6, 6.07) is 5.52. The quantitative estimate of drug-likeness (QED) is 0.324. The van der Waals surface area contributed by atoms with Gasteiger partial charge in [-0.2, -0.15) is 0 Å². The molecule has 1 aromatic rings. The fourth-order valence-electron chi connectivity index (χ4n) is 1.78. The Morgan fingerprint density at radius 1 is 1.12 bits per heavy atom. The number of carbonyl (C=O) groups is 3. The fraction of sp³-hybridized carbons (Fsp3) is 0.400. The van der Waals surface area contributed by atoms with Gasteiger partial charge in [-0.3, -0.25) is 9.59 Å². The zero-order valence-corrected chi connectivity index (χ0v) is 12.8. The summed E-state index contributed by atoms with van der Waals surface area (Å²) in [4.78, 5) is 34.9. The standard InChI is InChI=1S/C15H18O9/c1-8(18)23-12-5-3-2-4-9(12)15(22)24-14(11(20)7-17)13(21)10(19)6-16/h2-5,10,13-14,16-17,19,21H,6-7H2,1H3/t10-,13-,14-/m1/s1. The Hall–Kier alpha value is -2.33. The van der Waals surface area contributed by atoms with Gasteiger partial charge in [0.1, 0.15) is 30.1 Å². The van der Waals surface area contributed by atoms with Crippen LogP contribution in [0.5, 0.6) is 5.75 Å². The Morgan fingerprint density at radius 2 is 1.75 bits per heavy atom. The van der Waals surface area contributed by atoms with E-state index < -0.39 is 49.2 Å². The van der Waals surface area contributed by atoms with E-state index in [1.54, 1.807) is 0 Å². The van der Waals surface area contributed by atoms with Gasteiger partial charge in [0.05, 0.1) is 6.61 Å². The summed E-state index contributed by atoms with van der Waals surface area (Å²) in [5.74, 6) is -3.01. The number of Topliss-reactive ketones (excluding diaryl/α,β-unsaturated/α-hetero) is 1. The van der Waals surface area contributed by atoms with E-state index in [2.05, 4.69) is 0 Å². The Balaban J connectivity index is 3.04. The highest BCUT2D eigenvalue weighted by Crippen LogP contribution is 2.21. The van der Waals surface area contributed by atoms with Crippen molar-refractivity contribution in [2.24, 2.45) is 0 Å². The molecular formula is C15H18O9. The minimum absolute atomic E-state index is 0.123. The van der Waals surface area contributed by atoms with Gasteiger partial charge >= 0.3 is 11.9 Å². The fourth-order valence-corrected chi connectivity index (χ4v) is 1.78. The Labute approximate surface area is 137 Å². The van der Waals surface area contributed by atoms with Crippen LogP contribution in [-0.2, 0) is 14.3 Å². The highest BCUT2D eigenvalue weighted by Gasteiger charge is 2.35. The number of hydrogen-bond acceptors (Lipinski definition) is 9. The average molecular weight is 342 g/mol. The molecule has 0 amide bonds. The van der Waals surface area contributed by atoms with Crippen molar-refractivity contribution in [3.05, 3.63) is 29.8 Å². The van der Waals surface area contributed by atoms with Crippen molar-refractivity contribution in [3.8, 4) is 5.75 Å². The van der Waals surface area contributed by atoms with Crippen molar-refractivity contribution < 1.29 is 44.3 Å². The first-order chi connectivity index (χ1) is 11.3. The summed E-state index contributed by atoms with van der Waals surface area (Å²) in [5.41, 5.74) is -0.200. The Bertz CT molecular complexity index is 598. The summed E-state index contributed by atoms with van der Waals surface area (Å²) in [6.07, 6.45) is -5.61. The van der Waals surface area contributed by atoms with Crippen molar-refractivity contribution in [1.82, 2.24) is 0 Å². The number of rotatable bonds is 8. The van der Waals surface area contributed by atoms with E-state index in [0.29, 0.717) is 0 Å². The van der Waals surface area contributed by atoms with E-state index in [4.69, 9.17) is 19.7 Å². The third-order valence-corrected chi connectivity index (χ3v) is 2.96. The number of aliphatic hydroxyl groups is 4. The molecule has 0 aliphatic carbocycles. The zero-order chi connectivity index (χ0) is 18.3. The second kappa shape index (κ2) is 9.08. The van der Waals surface area contributed by atoms with Crippen LogP contribution in [0.4, 0.5) is 0 Å². The monoisotopic (exact) mass is 342 g/mol. The minimum atomic E-state index is -1.94. The molecule has 9 nitrogen and oxygen atoms in total. The van der Waals surface area contributed by atoms with Gasteiger partial charge in [-0.05, 0) is 12.1 Å². The second-order valence-corrected chi connectivity index (χ2v) is 4.78. The van der Waals surface area contributed by atoms with E-state index >= 15 is 0 Å². The third kappa shape index (κ3) is 5.10.